The maximum Gasteiger partial charge on any atom is 0.0183 e. The zero-order valence-corrected chi connectivity index (χ0v) is 10.6. The molecule has 1 unspecified atom stereocenters. The van der Waals surface area contributed by atoms with Gasteiger partial charge in [0.2, 0.25) is 0 Å². The topological polar surface area (TPSA) is 38.0 Å². The molecule has 1 aromatic rings. The number of thiophene rings is 1. The van der Waals surface area contributed by atoms with Crippen molar-refractivity contribution in [3.63, 3.8) is 0 Å². The fourth-order valence-electron chi connectivity index (χ4n) is 1.81. The summed E-state index contributed by atoms with van der Waals surface area (Å²) in [6.07, 6.45) is 3.74. The summed E-state index contributed by atoms with van der Waals surface area (Å²) in [4.78, 5) is 1.49. The number of likely N-dealkylation sites (N-methyl/N-ethyl adjacent to an activating group) is 1. The fourth-order valence-corrected chi connectivity index (χ4v) is 2.88. The average molecular weight is 226 g/mol. The second-order valence-electron chi connectivity index (χ2n) is 3.90. The summed E-state index contributed by atoms with van der Waals surface area (Å²) < 4.78 is 0. The van der Waals surface area contributed by atoms with Crippen LogP contribution in [0.4, 0.5) is 0 Å². The number of nitrogens with one attached hydrogen (secondary N) is 1. The van der Waals surface area contributed by atoms with E-state index >= 15 is 0 Å². The Bertz CT molecular complexity index is 270. The highest BCUT2D eigenvalue weighted by Gasteiger charge is 2.14. The summed E-state index contributed by atoms with van der Waals surface area (Å²) in [6.45, 7) is 3.96. The SMILES string of the molecule is CCCCc1ccsc1C(CN)CNC. The highest BCUT2D eigenvalue weighted by molar-refractivity contribution is 7.10. The van der Waals surface area contributed by atoms with Crippen LogP contribution in [0.3, 0.4) is 0 Å². The molecular formula is C12H22N2S. The highest BCUT2D eigenvalue weighted by atomic mass is 32.1. The lowest BCUT2D eigenvalue weighted by Gasteiger charge is -2.14. The van der Waals surface area contributed by atoms with Gasteiger partial charge in [0.15, 0.2) is 0 Å². The van der Waals surface area contributed by atoms with Crippen molar-refractivity contribution in [2.24, 2.45) is 5.73 Å². The molecule has 0 aliphatic carbocycles. The summed E-state index contributed by atoms with van der Waals surface area (Å²) >= 11 is 1.85. The van der Waals surface area contributed by atoms with Gasteiger partial charge in [-0.15, -0.1) is 11.3 Å². The first-order valence-corrected chi connectivity index (χ1v) is 6.62. The first-order chi connectivity index (χ1) is 7.33. The minimum Gasteiger partial charge on any atom is -0.330 e. The maximum absolute atomic E-state index is 5.81. The molecule has 1 heterocycles. The standard InChI is InChI=1S/C12H22N2S/c1-3-4-5-10-6-7-15-12(10)11(8-13)9-14-2/h6-7,11,14H,3-5,8-9,13H2,1-2H3. The Hall–Kier alpha value is -0.380. The third kappa shape index (κ3) is 3.59. The number of aryl methyl sites for hydroxylation is 1. The van der Waals surface area contributed by atoms with E-state index < -0.39 is 0 Å². The molecule has 3 N–H and O–H groups in total. The molecule has 15 heavy (non-hydrogen) atoms. The molecule has 0 amide bonds. The molecule has 0 spiro atoms. The van der Waals surface area contributed by atoms with Crippen molar-refractivity contribution in [3.8, 4) is 0 Å². The van der Waals surface area contributed by atoms with Crippen LogP contribution in [0.1, 0.15) is 36.1 Å². The molecule has 0 radical (unpaired) electrons. The second kappa shape index (κ2) is 6.99. The van der Waals surface area contributed by atoms with E-state index in [1.165, 1.54) is 29.7 Å². The smallest absolute Gasteiger partial charge is 0.0183 e. The molecule has 1 atom stereocenters. The first kappa shape index (κ1) is 12.7. The number of hydrogen-bond acceptors (Lipinski definition) is 3. The molecule has 0 aliphatic heterocycles. The van der Waals surface area contributed by atoms with Crippen LogP contribution >= 0.6 is 11.3 Å². The van der Waals surface area contributed by atoms with Crippen molar-refractivity contribution >= 4 is 11.3 Å². The van der Waals surface area contributed by atoms with Crippen LogP contribution in [0.5, 0.6) is 0 Å². The highest BCUT2D eigenvalue weighted by Crippen LogP contribution is 2.26. The number of hydrogen-bond donors (Lipinski definition) is 2. The van der Waals surface area contributed by atoms with Gasteiger partial charge in [-0.2, -0.15) is 0 Å². The Labute approximate surface area is 96.9 Å². The van der Waals surface area contributed by atoms with E-state index in [1.54, 1.807) is 0 Å². The summed E-state index contributed by atoms with van der Waals surface area (Å²) in [5.41, 5.74) is 7.32. The minimum atomic E-state index is 0.488. The fraction of sp³-hybridized carbons (Fsp3) is 0.667. The van der Waals surface area contributed by atoms with Gasteiger partial charge in [-0.25, -0.2) is 0 Å². The van der Waals surface area contributed by atoms with Gasteiger partial charge in [-0.1, -0.05) is 13.3 Å². The van der Waals surface area contributed by atoms with E-state index in [1.807, 2.05) is 18.4 Å². The van der Waals surface area contributed by atoms with E-state index in [4.69, 9.17) is 5.73 Å². The van der Waals surface area contributed by atoms with Crippen LogP contribution in [0, 0.1) is 0 Å². The van der Waals surface area contributed by atoms with E-state index in [9.17, 15) is 0 Å². The minimum absolute atomic E-state index is 0.488. The molecule has 0 aliphatic rings. The Morgan fingerprint density at radius 1 is 1.53 bits per heavy atom. The van der Waals surface area contributed by atoms with E-state index in [0.29, 0.717) is 5.92 Å². The molecule has 1 rings (SSSR count). The molecule has 0 saturated heterocycles. The van der Waals surface area contributed by atoms with Gasteiger partial charge in [-0.05, 0) is 36.9 Å². The van der Waals surface area contributed by atoms with Crippen LogP contribution in [0.2, 0.25) is 0 Å². The molecule has 1 aromatic heterocycles. The van der Waals surface area contributed by atoms with Crippen LogP contribution in [0.25, 0.3) is 0 Å². The summed E-state index contributed by atoms with van der Waals surface area (Å²) in [5, 5.41) is 5.41. The van der Waals surface area contributed by atoms with Crippen molar-refractivity contribution in [1.82, 2.24) is 5.32 Å². The van der Waals surface area contributed by atoms with E-state index in [-0.39, 0.29) is 0 Å². The normalized spacial score (nSPS) is 13.0. The van der Waals surface area contributed by atoms with E-state index in [2.05, 4.69) is 23.7 Å². The van der Waals surface area contributed by atoms with Crippen LogP contribution in [-0.4, -0.2) is 20.1 Å². The monoisotopic (exact) mass is 226 g/mol. The number of unbranched alkanes of at least 4 members (excludes halogenated alkanes) is 1. The molecular weight excluding hydrogens is 204 g/mol. The molecule has 0 bridgehead atoms. The molecule has 86 valence electrons. The van der Waals surface area contributed by atoms with Crippen molar-refractivity contribution in [1.29, 1.82) is 0 Å². The zero-order chi connectivity index (χ0) is 11.1. The Morgan fingerprint density at radius 2 is 2.33 bits per heavy atom. The lowest BCUT2D eigenvalue weighted by atomic mass is 10.0. The zero-order valence-electron chi connectivity index (χ0n) is 9.75. The van der Waals surface area contributed by atoms with Gasteiger partial charge in [0.1, 0.15) is 0 Å². The predicted octanol–water partition coefficient (Wildman–Crippen LogP) is 2.35. The predicted molar refractivity (Wildman–Crippen MR) is 68.7 cm³/mol. The summed E-state index contributed by atoms with van der Waals surface area (Å²) in [5.74, 6) is 0.488. The molecule has 0 saturated carbocycles. The third-order valence-corrected chi connectivity index (χ3v) is 3.81. The second-order valence-corrected chi connectivity index (χ2v) is 4.85. The van der Waals surface area contributed by atoms with Crippen LogP contribution in [0.15, 0.2) is 11.4 Å². The molecule has 0 aromatic carbocycles. The lowest BCUT2D eigenvalue weighted by molar-refractivity contribution is 0.638. The van der Waals surface area contributed by atoms with Gasteiger partial charge < -0.3 is 11.1 Å². The quantitative estimate of drug-likeness (QED) is 0.749. The van der Waals surface area contributed by atoms with E-state index in [0.717, 1.165) is 13.1 Å². The van der Waals surface area contributed by atoms with Crippen molar-refractivity contribution in [2.45, 2.75) is 32.1 Å². The third-order valence-electron chi connectivity index (χ3n) is 2.69. The van der Waals surface area contributed by atoms with Gasteiger partial charge in [-0.3, -0.25) is 0 Å². The largest absolute Gasteiger partial charge is 0.330 e. The maximum atomic E-state index is 5.81. The summed E-state index contributed by atoms with van der Waals surface area (Å²) in [6, 6.07) is 2.26. The Kier molecular flexibility index (Phi) is 5.91. The van der Waals surface area contributed by atoms with Gasteiger partial charge in [0, 0.05) is 23.9 Å². The number of rotatable bonds is 7. The Morgan fingerprint density at radius 3 is 2.93 bits per heavy atom. The van der Waals surface area contributed by atoms with Crippen molar-refractivity contribution in [2.75, 3.05) is 20.1 Å². The molecule has 3 heteroatoms. The first-order valence-electron chi connectivity index (χ1n) is 5.74. The lowest BCUT2D eigenvalue weighted by Crippen LogP contribution is -2.24. The van der Waals surface area contributed by atoms with Gasteiger partial charge in [0.05, 0.1) is 0 Å². The molecule has 0 fully saturated rings. The van der Waals surface area contributed by atoms with Crippen molar-refractivity contribution in [3.05, 3.63) is 21.9 Å². The Balaban J connectivity index is 2.68. The van der Waals surface area contributed by atoms with Gasteiger partial charge in [0.25, 0.3) is 0 Å². The van der Waals surface area contributed by atoms with Gasteiger partial charge >= 0.3 is 0 Å². The van der Waals surface area contributed by atoms with Crippen LogP contribution in [-0.2, 0) is 6.42 Å². The number of nitrogens with two attached hydrogens (primary N) is 1. The van der Waals surface area contributed by atoms with Crippen molar-refractivity contribution < 1.29 is 0 Å². The average Bonchev–Trinajstić information content (AvgIpc) is 2.71. The summed E-state index contributed by atoms with van der Waals surface area (Å²) in [7, 11) is 1.99. The van der Waals surface area contributed by atoms with Crippen LogP contribution < -0.4 is 11.1 Å². The molecule has 2 nitrogen and oxygen atoms in total.